The number of anilines is 1. The molecule has 6 heteroatoms. The lowest BCUT2D eigenvalue weighted by atomic mass is 9.84. The number of nitro groups is 1. The molecule has 0 fully saturated rings. The van der Waals surface area contributed by atoms with Gasteiger partial charge in [-0.15, -0.1) is 0 Å². The fraction of sp³-hybridized carbons (Fsp3) is 0.500. The van der Waals surface area contributed by atoms with Gasteiger partial charge in [-0.25, -0.2) is 0 Å². The summed E-state index contributed by atoms with van der Waals surface area (Å²) in [4.78, 5) is 21.3. The third-order valence-corrected chi connectivity index (χ3v) is 3.04. The number of carboxylic acids is 1. The Balaban J connectivity index is 3.04. The number of benzene rings is 1. The zero-order chi connectivity index (χ0) is 15.5. The zero-order valence-corrected chi connectivity index (χ0v) is 12.1. The van der Waals surface area contributed by atoms with E-state index in [0.717, 1.165) is 5.56 Å². The number of non-ortho nitro benzene ring substituents is 1. The molecule has 0 bridgehead atoms. The van der Waals surface area contributed by atoms with Gasteiger partial charge in [0.05, 0.1) is 11.3 Å². The normalized spacial score (nSPS) is 12.8. The van der Waals surface area contributed by atoms with Crippen LogP contribution < -0.4 is 5.32 Å². The van der Waals surface area contributed by atoms with Gasteiger partial charge in [-0.1, -0.05) is 20.8 Å². The van der Waals surface area contributed by atoms with Crippen molar-refractivity contribution in [3.05, 3.63) is 33.9 Å². The number of nitrogens with zero attached hydrogens (tertiary/aromatic N) is 1. The number of hydrogen-bond donors (Lipinski definition) is 2. The Morgan fingerprint density at radius 1 is 1.40 bits per heavy atom. The Labute approximate surface area is 118 Å². The molecule has 1 unspecified atom stereocenters. The summed E-state index contributed by atoms with van der Waals surface area (Å²) in [5, 5.41) is 22.9. The van der Waals surface area contributed by atoms with Crippen LogP contribution in [0.3, 0.4) is 0 Å². The average Bonchev–Trinajstić information content (AvgIpc) is 2.25. The summed E-state index contributed by atoms with van der Waals surface area (Å²) in [6, 6.07) is 4.36. The van der Waals surface area contributed by atoms with Crippen LogP contribution in [0.25, 0.3) is 0 Å². The topological polar surface area (TPSA) is 92.5 Å². The number of carboxylic acid groups (broad SMARTS) is 1. The van der Waals surface area contributed by atoms with Crippen molar-refractivity contribution < 1.29 is 14.8 Å². The molecule has 1 atom stereocenters. The Kier molecular flexibility index (Phi) is 4.70. The summed E-state index contributed by atoms with van der Waals surface area (Å²) >= 11 is 0. The third kappa shape index (κ3) is 4.53. The molecule has 0 amide bonds. The molecule has 2 N–H and O–H groups in total. The van der Waals surface area contributed by atoms with Crippen LogP contribution >= 0.6 is 0 Å². The molecule has 0 saturated heterocycles. The van der Waals surface area contributed by atoms with Crippen LogP contribution in [0.1, 0.15) is 32.8 Å². The van der Waals surface area contributed by atoms with Crippen molar-refractivity contribution >= 4 is 17.3 Å². The predicted octanol–water partition coefficient (Wildman–Crippen LogP) is 3.20. The lowest BCUT2D eigenvalue weighted by Crippen LogP contribution is -2.36. The van der Waals surface area contributed by atoms with E-state index in [2.05, 4.69) is 5.32 Å². The van der Waals surface area contributed by atoms with E-state index in [9.17, 15) is 14.9 Å². The van der Waals surface area contributed by atoms with Crippen LogP contribution in [-0.4, -0.2) is 22.0 Å². The molecule has 0 aliphatic rings. The van der Waals surface area contributed by atoms with Crippen LogP contribution in [0, 0.1) is 22.5 Å². The summed E-state index contributed by atoms with van der Waals surface area (Å²) in [5.74, 6) is -0.903. The summed E-state index contributed by atoms with van der Waals surface area (Å²) in [6.07, 6.45) is -0.0504. The van der Waals surface area contributed by atoms with E-state index in [-0.39, 0.29) is 23.6 Å². The van der Waals surface area contributed by atoms with Crippen molar-refractivity contribution in [1.29, 1.82) is 0 Å². The van der Waals surface area contributed by atoms with Gasteiger partial charge in [0.15, 0.2) is 0 Å². The highest BCUT2D eigenvalue weighted by Gasteiger charge is 2.27. The first-order valence-electron chi connectivity index (χ1n) is 6.34. The Morgan fingerprint density at radius 2 is 2.00 bits per heavy atom. The number of rotatable bonds is 5. The van der Waals surface area contributed by atoms with Crippen LogP contribution in [0.2, 0.25) is 0 Å². The summed E-state index contributed by atoms with van der Waals surface area (Å²) < 4.78 is 0. The molecule has 0 heterocycles. The largest absolute Gasteiger partial charge is 0.481 e. The standard InChI is InChI=1S/C14H20N2O4/c1-9-5-10(7-11(6-9)16(19)20)15-12(8-13(17)18)14(2,3)4/h5-7,12,15H,8H2,1-4H3,(H,17,18). The van der Waals surface area contributed by atoms with E-state index in [1.165, 1.54) is 12.1 Å². The minimum absolute atomic E-state index is 0.00418. The van der Waals surface area contributed by atoms with E-state index >= 15 is 0 Å². The first-order valence-corrected chi connectivity index (χ1v) is 6.34. The smallest absolute Gasteiger partial charge is 0.305 e. The molecule has 0 spiro atoms. The van der Waals surface area contributed by atoms with Gasteiger partial charge < -0.3 is 10.4 Å². The summed E-state index contributed by atoms with van der Waals surface area (Å²) in [6.45, 7) is 7.55. The van der Waals surface area contributed by atoms with Gasteiger partial charge in [0.1, 0.15) is 0 Å². The molecule has 1 aromatic rings. The van der Waals surface area contributed by atoms with Gasteiger partial charge in [0, 0.05) is 23.9 Å². The summed E-state index contributed by atoms with van der Waals surface area (Å²) in [5.41, 5.74) is 1.04. The van der Waals surface area contributed by atoms with Crippen LogP contribution in [0.4, 0.5) is 11.4 Å². The van der Waals surface area contributed by atoms with E-state index in [1.54, 1.807) is 13.0 Å². The number of hydrogen-bond acceptors (Lipinski definition) is 4. The van der Waals surface area contributed by atoms with Crippen LogP contribution in [0.15, 0.2) is 18.2 Å². The first kappa shape index (κ1) is 15.9. The fourth-order valence-corrected chi connectivity index (χ4v) is 1.90. The number of carbonyl (C=O) groups is 1. The molecule has 1 rings (SSSR count). The highest BCUT2D eigenvalue weighted by Crippen LogP contribution is 2.28. The van der Waals surface area contributed by atoms with Crippen molar-refractivity contribution in [3.63, 3.8) is 0 Å². The first-order chi connectivity index (χ1) is 9.09. The lowest BCUT2D eigenvalue weighted by molar-refractivity contribution is -0.384. The Bertz CT molecular complexity index is 520. The second-order valence-electron chi connectivity index (χ2n) is 5.98. The van der Waals surface area contributed by atoms with E-state index in [0.29, 0.717) is 5.69 Å². The molecule has 0 saturated carbocycles. The molecule has 0 aliphatic carbocycles. The van der Waals surface area contributed by atoms with Crippen LogP contribution in [-0.2, 0) is 4.79 Å². The van der Waals surface area contributed by atoms with Gasteiger partial charge in [0.25, 0.3) is 5.69 Å². The van der Waals surface area contributed by atoms with E-state index in [4.69, 9.17) is 5.11 Å². The molecule has 1 aromatic carbocycles. The number of nitro benzene ring substituents is 1. The molecular formula is C14H20N2O4. The van der Waals surface area contributed by atoms with Crippen molar-refractivity contribution in [3.8, 4) is 0 Å². The molecule has 6 nitrogen and oxygen atoms in total. The minimum Gasteiger partial charge on any atom is -0.481 e. The Hall–Kier alpha value is -2.11. The zero-order valence-electron chi connectivity index (χ0n) is 12.1. The molecule has 20 heavy (non-hydrogen) atoms. The van der Waals surface area contributed by atoms with Crippen molar-refractivity contribution in [2.45, 2.75) is 40.2 Å². The second kappa shape index (κ2) is 5.90. The molecule has 0 radical (unpaired) electrons. The number of aliphatic carboxylic acids is 1. The predicted molar refractivity (Wildman–Crippen MR) is 77.0 cm³/mol. The van der Waals surface area contributed by atoms with Gasteiger partial charge in [-0.3, -0.25) is 14.9 Å². The average molecular weight is 280 g/mol. The highest BCUT2D eigenvalue weighted by molar-refractivity contribution is 5.68. The van der Waals surface area contributed by atoms with Crippen LogP contribution in [0.5, 0.6) is 0 Å². The quantitative estimate of drug-likeness (QED) is 0.638. The van der Waals surface area contributed by atoms with Crippen molar-refractivity contribution in [2.24, 2.45) is 5.41 Å². The molecule has 0 aliphatic heterocycles. The van der Waals surface area contributed by atoms with Gasteiger partial charge >= 0.3 is 5.97 Å². The Morgan fingerprint density at radius 3 is 2.45 bits per heavy atom. The maximum absolute atomic E-state index is 10.9. The highest BCUT2D eigenvalue weighted by atomic mass is 16.6. The number of nitrogens with one attached hydrogen (secondary N) is 1. The second-order valence-corrected chi connectivity index (χ2v) is 5.98. The minimum atomic E-state index is -0.903. The maximum Gasteiger partial charge on any atom is 0.305 e. The van der Waals surface area contributed by atoms with E-state index in [1.807, 2.05) is 20.8 Å². The fourth-order valence-electron chi connectivity index (χ4n) is 1.90. The summed E-state index contributed by atoms with van der Waals surface area (Å²) in [7, 11) is 0. The van der Waals surface area contributed by atoms with Crippen molar-refractivity contribution in [2.75, 3.05) is 5.32 Å². The van der Waals surface area contributed by atoms with Gasteiger partial charge in [-0.2, -0.15) is 0 Å². The SMILES string of the molecule is Cc1cc(NC(CC(=O)O)C(C)(C)C)cc([N+](=O)[O-])c1. The van der Waals surface area contributed by atoms with Gasteiger partial charge in [0.2, 0.25) is 0 Å². The lowest BCUT2D eigenvalue weighted by Gasteiger charge is -2.31. The van der Waals surface area contributed by atoms with Crippen molar-refractivity contribution in [1.82, 2.24) is 0 Å². The molecule has 110 valence electrons. The molecular weight excluding hydrogens is 260 g/mol. The van der Waals surface area contributed by atoms with E-state index < -0.39 is 10.9 Å². The third-order valence-electron chi connectivity index (χ3n) is 3.04. The monoisotopic (exact) mass is 280 g/mol. The van der Waals surface area contributed by atoms with Gasteiger partial charge in [-0.05, 0) is 24.0 Å². The molecule has 0 aromatic heterocycles. The maximum atomic E-state index is 10.9. The number of aryl methyl sites for hydroxylation is 1.